The van der Waals surface area contributed by atoms with Gasteiger partial charge >= 0.3 is 0 Å². The van der Waals surface area contributed by atoms with Crippen LogP contribution in [0.15, 0.2) is 41.4 Å². The molecule has 7 heteroatoms. The summed E-state index contributed by atoms with van der Waals surface area (Å²) in [4.78, 5) is 22.1. The molecule has 1 amide bonds. The van der Waals surface area contributed by atoms with Gasteiger partial charge in [-0.3, -0.25) is 4.79 Å². The van der Waals surface area contributed by atoms with Crippen LogP contribution in [0.4, 0.5) is 4.39 Å². The maximum atomic E-state index is 13.0. The molecule has 4 nitrogen and oxygen atoms in total. The smallest absolute Gasteiger partial charge is 0.271 e. The number of nitrogens with one attached hydrogen (secondary N) is 1. The average Bonchev–Trinajstić information content (AvgIpc) is 3.23. The van der Waals surface area contributed by atoms with Gasteiger partial charge in [-0.15, -0.1) is 22.7 Å². The van der Waals surface area contributed by atoms with Gasteiger partial charge in [0.2, 0.25) is 0 Å². The molecular weight excluding hydrogens is 357 g/mol. The molecule has 0 radical (unpaired) electrons. The molecule has 0 unspecified atom stereocenters. The van der Waals surface area contributed by atoms with Crippen LogP contribution in [0.2, 0.25) is 0 Å². The second kappa shape index (κ2) is 7.67. The number of halogens is 1. The molecule has 0 aliphatic rings. The molecule has 0 bridgehead atoms. The largest absolute Gasteiger partial charge is 0.347 e. The Labute approximate surface area is 153 Å². The number of carbonyl (C=O) groups excluding carboxylic acids is 1. The van der Waals surface area contributed by atoms with E-state index in [4.69, 9.17) is 0 Å². The van der Waals surface area contributed by atoms with Crippen molar-refractivity contribution in [2.45, 2.75) is 20.4 Å². The first-order chi connectivity index (χ1) is 12.0. The molecule has 128 valence electrons. The molecule has 0 fully saturated rings. The van der Waals surface area contributed by atoms with Crippen LogP contribution in [-0.2, 0) is 6.54 Å². The normalized spacial score (nSPS) is 10.5. The predicted molar refractivity (Wildman–Crippen MR) is 100 cm³/mol. The lowest BCUT2D eigenvalue weighted by Gasteiger charge is -2.04. The van der Waals surface area contributed by atoms with Crippen LogP contribution in [0.5, 0.6) is 0 Å². The Kier molecular flexibility index (Phi) is 5.35. The van der Waals surface area contributed by atoms with Crippen molar-refractivity contribution in [2.75, 3.05) is 0 Å². The molecule has 0 atom stereocenters. The summed E-state index contributed by atoms with van der Waals surface area (Å²) in [7, 11) is 0. The lowest BCUT2D eigenvalue weighted by atomic mass is 10.2. The summed E-state index contributed by atoms with van der Waals surface area (Å²) in [5.74, 6) is -0.551. The van der Waals surface area contributed by atoms with Crippen molar-refractivity contribution in [1.29, 1.82) is 0 Å². The van der Waals surface area contributed by atoms with Crippen molar-refractivity contribution < 1.29 is 9.18 Å². The Morgan fingerprint density at radius 3 is 2.64 bits per heavy atom. The Morgan fingerprint density at radius 2 is 2.00 bits per heavy atom. The van der Waals surface area contributed by atoms with Crippen molar-refractivity contribution in [3.05, 3.63) is 63.4 Å². The van der Waals surface area contributed by atoms with Gasteiger partial charge in [0, 0.05) is 18.1 Å². The van der Waals surface area contributed by atoms with E-state index in [1.807, 2.05) is 25.3 Å². The third-order valence-electron chi connectivity index (χ3n) is 3.27. The molecule has 2 aromatic heterocycles. The summed E-state index contributed by atoms with van der Waals surface area (Å²) in [6.45, 7) is 4.27. The number of hydrogen-bond acceptors (Lipinski definition) is 5. The molecule has 1 aromatic carbocycles. The minimum Gasteiger partial charge on any atom is -0.347 e. The molecular formula is C18H16FN3OS2. The first-order valence-electron chi connectivity index (χ1n) is 7.61. The zero-order chi connectivity index (χ0) is 17.8. The summed E-state index contributed by atoms with van der Waals surface area (Å²) in [5, 5.41) is 6.25. The molecule has 0 saturated heterocycles. The van der Waals surface area contributed by atoms with Crippen molar-refractivity contribution in [3.8, 4) is 10.0 Å². The van der Waals surface area contributed by atoms with Gasteiger partial charge in [0.05, 0.1) is 4.88 Å². The Morgan fingerprint density at radius 1 is 1.24 bits per heavy atom. The quantitative estimate of drug-likeness (QED) is 0.702. The van der Waals surface area contributed by atoms with E-state index in [1.54, 1.807) is 18.3 Å². The van der Waals surface area contributed by atoms with Gasteiger partial charge in [0.25, 0.3) is 5.91 Å². The third kappa shape index (κ3) is 4.37. The maximum absolute atomic E-state index is 13.0. The zero-order valence-electron chi connectivity index (χ0n) is 13.7. The number of nitrogens with zero attached hydrogens (tertiary/aromatic N) is 2. The second-order valence-electron chi connectivity index (χ2n) is 5.60. The van der Waals surface area contributed by atoms with E-state index in [1.165, 1.54) is 34.8 Å². The van der Waals surface area contributed by atoms with Gasteiger partial charge in [0.15, 0.2) is 10.0 Å². The Bertz CT molecular complexity index is 895. The highest BCUT2D eigenvalue weighted by atomic mass is 32.1. The minimum absolute atomic E-state index is 0.254. The molecule has 3 aromatic rings. The number of carbonyl (C=O) groups is 1. The third-order valence-corrected chi connectivity index (χ3v) is 5.19. The monoisotopic (exact) mass is 373 g/mol. The number of aromatic nitrogens is 2. The van der Waals surface area contributed by atoms with Crippen molar-refractivity contribution >= 4 is 34.7 Å². The van der Waals surface area contributed by atoms with Gasteiger partial charge < -0.3 is 5.32 Å². The molecule has 2 heterocycles. The van der Waals surface area contributed by atoms with E-state index < -0.39 is 0 Å². The minimum atomic E-state index is -0.298. The van der Waals surface area contributed by atoms with Crippen molar-refractivity contribution in [3.63, 3.8) is 0 Å². The molecule has 0 saturated carbocycles. The predicted octanol–water partition coefficient (Wildman–Crippen LogP) is 4.76. The number of hydrogen-bond donors (Lipinski definition) is 1. The first kappa shape index (κ1) is 17.4. The fourth-order valence-electron chi connectivity index (χ4n) is 2.14. The van der Waals surface area contributed by atoms with E-state index in [2.05, 4.69) is 15.3 Å². The lowest BCUT2D eigenvalue weighted by Crippen LogP contribution is -2.23. The summed E-state index contributed by atoms with van der Waals surface area (Å²) in [6.07, 6.45) is 3.66. The topological polar surface area (TPSA) is 54.9 Å². The van der Waals surface area contributed by atoms with Gasteiger partial charge in [-0.1, -0.05) is 17.7 Å². The van der Waals surface area contributed by atoms with Crippen LogP contribution in [-0.4, -0.2) is 15.9 Å². The molecule has 3 rings (SSSR count). The highest BCUT2D eigenvalue weighted by molar-refractivity contribution is 7.21. The van der Waals surface area contributed by atoms with Crippen LogP contribution in [0.1, 0.15) is 34.8 Å². The van der Waals surface area contributed by atoms with Crippen LogP contribution >= 0.6 is 22.7 Å². The molecule has 1 N–H and O–H groups in total. The van der Waals surface area contributed by atoms with Gasteiger partial charge in [-0.05, 0) is 37.6 Å². The summed E-state index contributed by atoms with van der Waals surface area (Å²) < 4.78 is 13.0. The number of amides is 1. The van der Waals surface area contributed by atoms with E-state index >= 15 is 0 Å². The van der Waals surface area contributed by atoms with E-state index in [0.29, 0.717) is 12.2 Å². The Hall–Kier alpha value is -2.38. The van der Waals surface area contributed by atoms with Crippen LogP contribution in [0.25, 0.3) is 16.1 Å². The summed E-state index contributed by atoms with van der Waals surface area (Å²) in [6, 6.07) is 6.04. The fourth-order valence-corrected chi connectivity index (χ4v) is 3.95. The molecule has 25 heavy (non-hydrogen) atoms. The van der Waals surface area contributed by atoms with Crippen LogP contribution in [0.3, 0.4) is 0 Å². The summed E-state index contributed by atoms with van der Waals surface area (Å²) >= 11 is 2.94. The molecule has 0 aliphatic heterocycles. The van der Waals surface area contributed by atoms with Gasteiger partial charge in [-0.2, -0.15) is 0 Å². The Balaban J connectivity index is 1.82. The standard InChI is InChI=1S/C18H16FN3OS2/c1-11(2)9-14-15(22-18(25-14)17-20-7-8-24-17)16(23)21-10-12-3-5-13(19)6-4-12/h3-9H,10H2,1-2H3,(H,21,23). The maximum Gasteiger partial charge on any atom is 0.271 e. The van der Waals surface area contributed by atoms with E-state index in [-0.39, 0.29) is 11.7 Å². The first-order valence-corrected chi connectivity index (χ1v) is 9.31. The lowest BCUT2D eigenvalue weighted by molar-refractivity contribution is 0.0946. The fraction of sp³-hybridized carbons (Fsp3) is 0.167. The number of thiazole rings is 2. The van der Waals surface area contributed by atoms with Crippen molar-refractivity contribution in [2.24, 2.45) is 0 Å². The second-order valence-corrected chi connectivity index (χ2v) is 7.53. The number of allylic oxidation sites excluding steroid dienone is 1. The van der Waals surface area contributed by atoms with Gasteiger partial charge in [-0.25, -0.2) is 14.4 Å². The zero-order valence-corrected chi connectivity index (χ0v) is 15.4. The van der Waals surface area contributed by atoms with Gasteiger partial charge in [0.1, 0.15) is 11.5 Å². The molecule has 0 spiro atoms. The number of benzene rings is 1. The average molecular weight is 373 g/mol. The van der Waals surface area contributed by atoms with E-state index in [0.717, 1.165) is 26.0 Å². The van der Waals surface area contributed by atoms with Crippen LogP contribution in [0, 0.1) is 5.82 Å². The highest BCUT2D eigenvalue weighted by Gasteiger charge is 2.18. The molecule has 0 aliphatic carbocycles. The highest BCUT2D eigenvalue weighted by Crippen LogP contribution is 2.31. The number of rotatable bonds is 5. The van der Waals surface area contributed by atoms with Crippen LogP contribution < -0.4 is 5.32 Å². The SMILES string of the molecule is CC(C)=Cc1sc(-c2nccs2)nc1C(=O)NCc1ccc(F)cc1. The van der Waals surface area contributed by atoms with E-state index in [9.17, 15) is 9.18 Å². The van der Waals surface area contributed by atoms with Crippen molar-refractivity contribution in [1.82, 2.24) is 15.3 Å². The summed E-state index contributed by atoms with van der Waals surface area (Å²) in [5.41, 5.74) is 2.30.